The van der Waals surface area contributed by atoms with E-state index in [4.69, 9.17) is 9.47 Å². The van der Waals surface area contributed by atoms with Crippen LogP contribution in [0.3, 0.4) is 0 Å². The second kappa shape index (κ2) is 7.59. The minimum atomic E-state index is -0.885. The van der Waals surface area contributed by atoms with E-state index in [9.17, 15) is 19.8 Å². The number of aliphatic hydroxyl groups is 2. The summed E-state index contributed by atoms with van der Waals surface area (Å²) in [6.45, 7) is -0.394. The van der Waals surface area contributed by atoms with Crippen molar-refractivity contribution in [2.45, 2.75) is 31.5 Å². The van der Waals surface area contributed by atoms with Crippen LogP contribution in [0.15, 0.2) is 58.3 Å². The first kappa shape index (κ1) is 18.4. The normalized spacial score (nSPS) is 21.9. The number of benzene rings is 2. The van der Waals surface area contributed by atoms with Crippen LogP contribution < -0.4 is 16.0 Å². The number of aliphatic hydroxyl groups excluding tert-OH is 2. The molecule has 0 amide bonds. The van der Waals surface area contributed by atoms with Crippen LogP contribution in [0.25, 0.3) is 10.8 Å². The van der Waals surface area contributed by atoms with Crippen molar-refractivity contribution in [3.63, 3.8) is 0 Å². The van der Waals surface area contributed by atoms with Crippen LogP contribution in [0, 0.1) is 0 Å². The predicted molar refractivity (Wildman–Crippen MR) is 101 cm³/mol. The zero-order valence-electron chi connectivity index (χ0n) is 14.9. The number of aromatic nitrogens is 2. The summed E-state index contributed by atoms with van der Waals surface area (Å²) in [5.74, 6) is 0.628. The van der Waals surface area contributed by atoms with Gasteiger partial charge in [0.1, 0.15) is 24.7 Å². The highest BCUT2D eigenvalue weighted by molar-refractivity contribution is 5.88. The Bertz CT molecular complexity index is 1100. The zero-order chi connectivity index (χ0) is 19.7. The van der Waals surface area contributed by atoms with E-state index in [1.54, 1.807) is 0 Å². The molecule has 1 saturated heterocycles. The number of hydrogen-bond acceptors (Lipinski definition) is 6. The number of hydrogen-bond donors (Lipinski definition) is 3. The van der Waals surface area contributed by atoms with E-state index in [1.165, 1.54) is 10.8 Å². The molecule has 1 aliphatic heterocycles. The van der Waals surface area contributed by atoms with Crippen molar-refractivity contribution < 1.29 is 19.7 Å². The van der Waals surface area contributed by atoms with E-state index in [0.717, 1.165) is 10.8 Å². The molecule has 2 heterocycles. The van der Waals surface area contributed by atoms with Crippen molar-refractivity contribution >= 4 is 10.8 Å². The van der Waals surface area contributed by atoms with Crippen LogP contribution in [0.4, 0.5) is 0 Å². The van der Waals surface area contributed by atoms with E-state index in [2.05, 4.69) is 4.98 Å². The van der Waals surface area contributed by atoms with E-state index < -0.39 is 29.7 Å². The SMILES string of the molecule is O=c1[nH]c(=O)n(C2CC(O)C(CO)O2)cc1COc1cccc2ccccc12. The second-order valence-corrected chi connectivity index (χ2v) is 6.70. The van der Waals surface area contributed by atoms with E-state index in [1.807, 2.05) is 42.5 Å². The lowest BCUT2D eigenvalue weighted by atomic mass is 10.1. The molecule has 3 aromatic rings. The van der Waals surface area contributed by atoms with Gasteiger partial charge < -0.3 is 19.7 Å². The molecule has 28 heavy (non-hydrogen) atoms. The average Bonchev–Trinajstić information content (AvgIpc) is 3.07. The van der Waals surface area contributed by atoms with Crippen LogP contribution in [-0.4, -0.2) is 38.6 Å². The molecule has 0 aliphatic carbocycles. The maximum Gasteiger partial charge on any atom is 0.330 e. The Morgan fingerprint density at radius 3 is 2.75 bits per heavy atom. The molecule has 1 aliphatic rings. The fourth-order valence-electron chi connectivity index (χ4n) is 3.37. The van der Waals surface area contributed by atoms with Gasteiger partial charge in [-0.1, -0.05) is 36.4 Å². The molecule has 8 heteroatoms. The molecule has 1 aromatic heterocycles. The molecule has 4 rings (SSSR count). The number of ether oxygens (including phenoxy) is 2. The van der Waals surface area contributed by atoms with E-state index in [-0.39, 0.29) is 25.2 Å². The third-order valence-electron chi connectivity index (χ3n) is 4.87. The van der Waals surface area contributed by atoms with Crippen LogP contribution in [0.1, 0.15) is 18.2 Å². The Hall–Kier alpha value is -2.94. The molecule has 0 radical (unpaired) electrons. The van der Waals surface area contributed by atoms with Crippen molar-refractivity contribution in [3.05, 3.63) is 75.1 Å². The summed E-state index contributed by atoms with van der Waals surface area (Å²) in [4.78, 5) is 26.6. The van der Waals surface area contributed by atoms with Crippen molar-refractivity contribution in [3.8, 4) is 5.75 Å². The Balaban J connectivity index is 1.60. The lowest BCUT2D eigenvalue weighted by molar-refractivity contribution is -0.0460. The first-order valence-corrected chi connectivity index (χ1v) is 8.96. The van der Waals surface area contributed by atoms with Gasteiger partial charge in [-0.3, -0.25) is 14.3 Å². The van der Waals surface area contributed by atoms with Gasteiger partial charge in [0.15, 0.2) is 0 Å². The van der Waals surface area contributed by atoms with Gasteiger partial charge in [0.25, 0.3) is 5.56 Å². The second-order valence-electron chi connectivity index (χ2n) is 6.70. The first-order valence-electron chi connectivity index (χ1n) is 8.96. The predicted octanol–water partition coefficient (Wildman–Crippen LogP) is 0.909. The van der Waals surface area contributed by atoms with E-state index >= 15 is 0 Å². The number of nitrogens with zero attached hydrogens (tertiary/aromatic N) is 1. The molecule has 146 valence electrons. The van der Waals surface area contributed by atoms with E-state index in [0.29, 0.717) is 5.75 Å². The Morgan fingerprint density at radius 2 is 1.96 bits per heavy atom. The lowest BCUT2D eigenvalue weighted by Gasteiger charge is -2.15. The molecule has 0 bridgehead atoms. The number of nitrogens with one attached hydrogen (secondary N) is 1. The Morgan fingerprint density at radius 1 is 1.18 bits per heavy atom. The largest absolute Gasteiger partial charge is 0.488 e. The summed E-state index contributed by atoms with van der Waals surface area (Å²) in [6.07, 6.45) is -0.902. The quantitative estimate of drug-likeness (QED) is 0.603. The highest BCUT2D eigenvalue weighted by Crippen LogP contribution is 2.28. The Labute approximate surface area is 159 Å². The number of H-pyrrole nitrogens is 1. The number of rotatable bonds is 5. The molecule has 8 nitrogen and oxygen atoms in total. The molecular weight excluding hydrogens is 364 g/mol. The molecule has 3 atom stereocenters. The van der Waals surface area contributed by atoms with Gasteiger partial charge in [-0.25, -0.2) is 4.79 Å². The topological polar surface area (TPSA) is 114 Å². The van der Waals surface area contributed by atoms with Crippen molar-refractivity contribution in [2.24, 2.45) is 0 Å². The molecule has 3 unspecified atom stereocenters. The average molecular weight is 384 g/mol. The molecule has 2 aromatic carbocycles. The first-order chi connectivity index (χ1) is 13.6. The molecule has 3 N–H and O–H groups in total. The molecule has 1 fully saturated rings. The van der Waals surface area contributed by atoms with Crippen LogP contribution in [0.5, 0.6) is 5.75 Å². The lowest BCUT2D eigenvalue weighted by Crippen LogP contribution is -2.34. The minimum absolute atomic E-state index is 0.0394. The summed E-state index contributed by atoms with van der Waals surface area (Å²) >= 11 is 0. The molecular formula is C20H20N2O6. The number of fused-ring (bicyclic) bond motifs is 1. The smallest absolute Gasteiger partial charge is 0.330 e. The minimum Gasteiger partial charge on any atom is -0.488 e. The van der Waals surface area contributed by atoms with Crippen molar-refractivity contribution in [2.75, 3.05) is 6.61 Å². The van der Waals surface area contributed by atoms with Gasteiger partial charge in [0, 0.05) is 18.0 Å². The molecule has 0 spiro atoms. The van der Waals surface area contributed by atoms with Crippen LogP contribution >= 0.6 is 0 Å². The van der Waals surface area contributed by atoms with Gasteiger partial charge in [0.2, 0.25) is 0 Å². The summed E-state index contributed by atoms with van der Waals surface area (Å²) in [6, 6.07) is 13.4. The third-order valence-corrected chi connectivity index (χ3v) is 4.87. The standard InChI is InChI=1S/C20H20N2O6/c23-10-17-15(24)8-18(28-17)22-9-13(19(25)21-20(22)26)11-27-16-7-3-5-12-4-1-2-6-14(12)16/h1-7,9,15,17-18,23-24H,8,10-11H2,(H,21,25,26). The summed E-state index contributed by atoms with van der Waals surface area (Å²) < 4.78 is 12.6. The summed E-state index contributed by atoms with van der Waals surface area (Å²) in [5.41, 5.74) is -0.938. The maximum atomic E-state index is 12.2. The van der Waals surface area contributed by atoms with Crippen LogP contribution in [0.2, 0.25) is 0 Å². The van der Waals surface area contributed by atoms with Crippen molar-refractivity contribution in [1.82, 2.24) is 9.55 Å². The summed E-state index contributed by atoms with van der Waals surface area (Å²) in [7, 11) is 0. The van der Waals surface area contributed by atoms with Gasteiger partial charge >= 0.3 is 5.69 Å². The van der Waals surface area contributed by atoms with Gasteiger partial charge in [-0.15, -0.1) is 0 Å². The number of aromatic amines is 1. The highest BCUT2D eigenvalue weighted by atomic mass is 16.5. The summed E-state index contributed by atoms with van der Waals surface area (Å²) in [5, 5.41) is 21.0. The highest BCUT2D eigenvalue weighted by Gasteiger charge is 2.35. The van der Waals surface area contributed by atoms with Gasteiger partial charge in [-0.2, -0.15) is 0 Å². The fraction of sp³-hybridized carbons (Fsp3) is 0.300. The molecule has 0 saturated carbocycles. The maximum absolute atomic E-state index is 12.2. The van der Waals surface area contributed by atoms with Gasteiger partial charge in [-0.05, 0) is 11.5 Å². The van der Waals surface area contributed by atoms with Crippen LogP contribution in [-0.2, 0) is 11.3 Å². The zero-order valence-corrected chi connectivity index (χ0v) is 14.9. The monoisotopic (exact) mass is 384 g/mol. The fourth-order valence-corrected chi connectivity index (χ4v) is 3.37. The third kappa shape index (κ3) is 3.45. The van der Waals surface area contributed by atoms with Crippen molar-refractivity contribution in [1.29, 1.82) is 0 Å². The van der Waals surface area contributed by atoms with Gasteiger partial charge in [0.05, 0.1) is 18.3 Å². The Kier molecular flexibility index (Phi) is 4.99.